The van der Waals surface area contributed by atoms with Gasteiger partial charge in [-0.05, 0) is 74.0 Å². The number of esters is 1. The molecule has 0 fully saturated rings. The standard InChI is InChI=1S/C39H33FN4O6S2/c1-3-50-39(49)33-24(2)34(37(48)41-27-16-8-5-9-17-27)52-38(33)44-32(45)23-51-29-19-12-18-28(22-29)42-36(47)31(21-26-15-10-11-20-30(26)40)43-35(46)25-13-6-4-7-14-25/h4-22H,3,23H2,1-2H3,(H,41,48)(H,42,47)(H,43,46)(H,44,45)/b31-21-. The molecule has 0 aliphatic heterocycles. The molecule has 5 rings (SSSR count). The zero-order valence-corrected chi connectivity index (χ0v) is 29.7. The van der Waals surface area contributed by atoms with Crippen LogP contribution < -0.4 is 21.3 Å². The van der Waals surface area contributed by atoms with E-state index in [2.05, 4.69) is 21.3 Å². The first-order chi connectivity index (χ1) is 25.1. The number of halogens is 1. The largest absolute Gasteiger partial charge is 0.462 e. The van der Waals surface area contributed by atoms with Crippen molar-refractivity contribution in [3.05, 3.63) is 148 Å². The number of anilines is 3. The van der Waals surface area contributed by atoms with Gasteiger partial charge in [0.15, 0.2) is 0 Å². The van der Waals surface area contributed by atoms with Crippen molar-refractivity contribution >= 4 is 75.1 Å². The van der Waals surface area contributed by atoms with Crippen molar-refractivity contribution in [1.29, 1.82) is 0 Å². The Kier molecular flexibility index (Phi) is 12.7. The van der Waals surface area contributed by atoms with Crippen molar-refractivity contribution in [1.82, 2.24) is 5.32 Å². The number of hydrogen-bond acceptors (Lipinski definition) is 8. The zero-order chi connectivity index (χ0) is 37.0. The van der Waals surface area contributed by atoms with E-state index in [1.807, 2.05) is 6.07 Å². The molecule has 10 nitrogen and oxygen atoms in total. The third kappa shape index (κ3) is 9.80. The molecule has 4 N–H and O–H groups in total. The predicted molar refractivity (Wildman–Crippen MR) is 202 cm³/mol. The molecule has 0 bridgehead atoms. The molecule has 4 amide bonds. The second kappa shape index (κ2) is 17.7. The van der Waals surface area contributed by atoms with Gasteiger partial charge in [0, 0.05) is 27.4 Å². The van der Waals surface area contributed by atoms with Gasteiger partial charge in [-0.2, -0.15) is 0 Å². The van der Waals surface area contributed by atoms with Crippen LogP contribution in [0.4, 0.5) is 20.8 Å². The van der Waals surface area contributed by atoms with E-state index in [0.717, 1.165) is 11.3 Å². The number of benzene rings is 4. The molecule has 264 valence electrons. The second-order valence-corrected chi connectivity index (χ2v) is 13.1. The molecule has 0 unspecified atom stereocenters. The lowest BCUT2D eigenvalue weighted by Gasteiger charge is -2.12. The number of thioether (sulfide) groups is 1. The highest BCUT2D eigenvalue weighted by Gasteiger charge is 2.27. The maximum Gasteiger partial charge on any atom is 0.341 e. The third-order valence-electron chi connectivity index (χ3n) is 7.31. The zero-order valence-electron chi connectivity index (χ0n) is 28.0. The molecule has 0 saturated heterocycles. The molecule has 0 aliphatic carbocycles. The molecule has 1 heterocycles. The number of nitrogens with one attached hydrogen (secondary N) is 4. The highest BCUT2D eigenvalue weighted by molar-refractivity contribution is 8.00. The minimum absolute atomic E-state index is 0.0757. The highest BCUT2D eigenvalue weighted by atomic mass is 32.2. The minimum Gasteiger partial charge on any atom is -0.462 e. The summed E-state index contributed by atoms with van der Waals surface area (Å²) in [7, 11) is 0. The van der Waals surface area contributed by atoms with E-state index >= 15 is 0 Å². The Balaban J connectivity index is 1.28. The first-order valence-corrected chi connectivity index (χ1v) is 17.8. The van der Waals surface area contributed by atoms with E-state index < -0.39 is 35.4 Å². The fraction of sp³-hybridized carbons (Fsp3) is 0.103. The van der Waals surface area contributed by atoms with E-state index in [0.29, 0.717) is 27.4 Å². The topological polar surface area (TPSA) is 143 Å². The summed E-state index contributed by atoms with van der Waals surface area (Å²) >= 11 is 2.14. The van der Waals surface area contributed by atoms with E-state index in [-0.39, 0.29) is 39.1 Å². The summed E-state index contributed by atoms with van der Waals surface area (Å²) in [6.07, 6.45) is 1.25. The normalized spacial score (nSPS) is 10.9. The summed E-state index contributed by atoms with van der Waals surface area (Å²) in [5.41, 5.74) is 1.65. The monoisotopic (exact) mass is 736 g/mol. The Labute approximate surface area is 307 Å². The molecular formula is C39H33FN4O6S2. The van der Waals surface area contributed by atoms with Gasteiger partial charge in [-0.15, -0.1) is 23.1 Å². The Bertz CT molecular complexity index is 2140. The van der Waals surface area contributed by atoms with Crippen molar-refractivity contribution in [3.8, 4) is 0 Å². The lowest BCUT2D eigenvalue weighted by molar-refractivity contribution is -0.114. The molecular weight excluding hydrogens is 704 g/mol. The maximum absolute atomic E-state index is 14.5. The highest BCUT2D eigenvalue weighted by Crippen LogP contribution is 2.35. The summed E-state index contributed by atoms with van der Waals surface area (Å²) in [5, 5.41) is 11.0. The van der Waals surface area contributed by atoms with Crippen LogP contribution in [-0.2, 0) is 14.3 Å². The summed E-state index contributed by atoms with van der Waals surface area (Å²) in [5.74, 6) is -3.43. The first-order valence-electron chi connectivity index (χ1n) is 16.0. The number of thiophene rings is 1. The van der Waals surface area contributed by atoms with Gasteiger partial charge >= 0.3 is 5.97 Å². The number of ether oxygens (including phenoxy) is 1. The Morgan fingerprint density at radius 2 is 1.46 bits per heavy atom. The smallest absolute Gasteiger partial charge is 0.341 e. The van der Waals surface area contributed by atoms with Crippen LogP contribution in [0, 0.1) is 12.7 Å². The molecule has 52 heavy (non-hydrogen) atoms. The van der Waals surface area contributed by atoms with Crippen molar-refractivity contribution < 1.29 is 33.1 Å². The van der Waals surface area contributed by atoms with Crippen LogP contribution in [0.5, 0.6) is 0 Å². The van der Waals surface area contributed by atoms with Crippen LogP contribution in [0.2, 0.25) is 0 Å². The van der Waals surface area contributed by atoms with Gasteiger partial charge in [0.05, 0.1) is 22.8 Å². The van der Waals surface area contributed by atoms with Gasteiger partial charge in [0.25, 0.3) is 17.7 Å². The quantitative estimate of drug-likeness (QED) is 0.0550. The van der Waals surface area contributed by atoms with Crippen LogP contribution in [-0.4, -0.2) is 42.0 Å². The van der Waals surface area contributed by atoms with Crippen molar-refractivity contribution in [2.24, 2.45) is 0 Å². The number of rotatable bonds is 13. The molecule has 0 saturated carbocycles. The van der Waals surface area contributed by atoms with Gasteiger partial charge in [0.2, 0.25) is 5.91 Å². The van der Waals surface area contributed by atoms with E-state index in [1.165, 1.54) is 36.0 Å². The van der Waals surface area contributed by atoms with Crippen LogP contribution in [0.15, 0.2) is 120 Å². The van der Waals surface area contributed by atoms with E-state index in [4.69, 9.17) is 4.74 Å². The van der Waals surface area contributed by atoms with Crippen LogP contribution in [0.3, 0.4) is 0 Å². The van der Waals surface area contributed by atoms with Crippen LogP contribution in [0.25, 0.3) is 6.08 Å². The first kappa shape index (κ1) is 37.2. The molecule has 1 aromatic heterocycles. The van der Waals surface area contributed by atoms with Gasteiger partial charge in [-0.3, -0.25) is 19.2 Å². The van der Waals surface area contributed by atoms with Gasteiger partial charge in [-0.1, -0.05) is 60.7 Å². The number of para-hydroxylation sites is 1. The molecule has 0 radical (unpaired) electrons. The number of amides is 4. The average molecular weight is 737 g/mol. The molecule has 5 aromatic rings. The van der Waals surface area contributed by atoms with Crippen molar-refractivity contribution in [2.75, 3.05) is 28.3 Å². The minimum atomic E-state index is -0.695. The number of carbonyl (C=O) groups is 5. The fourth-order valence-electron chi connectivity index (χ4n) is 4.84. The van der Waals surface area contributed by atoms with Crippen molar-refractivity contribution in [2.45, 2.75) is 18.7 Å². The van der Waals surface area contributed by atoms with E-state index in [1.54, 1.807) is 98.8 Å². The Morgan fingerprint density at radius 3 is 2.17 bits per heavy atom. The summed E-state index contributed by atoms with van der Waals surface area (Å²) < 4.78 is 19.7. The third-order valence-corrected chi connectivity index (χ3v) is 9.51. The lowest BCUT2D eigenvalue weighted by atomic mass is 10.1. The molecule has 0 aliphatic rings. The Morgan fingerprint density at radius 1 is 0.788 bits per heavy atom. The van der Waals surface area contributed by atoms with Crippen molar-refractivity contribution in [3.63, 3.8) is 0 Å². The van der Waals surface area contributed by atoms with Crippen LogP contribution in [0.1, 0.15) is 48.4 Å². The molecule has 0 atom stereocenters. The van der Waals surface area contributed by atoms with Gasteiger partial charge in [0.1, 0.15) is 16.5 Å². The second-order valence-electron chi connectivity index (χ2n) is 11.0. The molecule has 4 aromatic carbocycles. The molecule has 0 spiro atoms. The summed E-state index contributed by atoms with van der Waals surface area (Å²) in [6.45, 7) is 3.39. The molecule has 13 heteroatoms. The summed E-state index contributed by atoms with van der Waals surface area (Å²) in [4.78, 5) is 66.4. The number of hydrogen-bond donors (Lipinski definition) is 4. The predicted octanol–water partition coefficient (Wildman–Crippen LogP) is 7.77. The fourth-order valence-corrected chi connectivity index (χ4v) is 6.70. The van der Waals surface area contributed by atoms with E-state index in [9.17, 15) is 28.4 Å². The van der Waals surface area contributed by atoms with Crippen LogP contribution >= 0.6 is 23.1 Å². The Hall–Kier alpha value is -6.05. The lowest BCUT2D eigenvalue weighted by Crippen LogP contribution is -2.30. The van der Waals surface area contributed by atoms with Gasteiger partial charge < -0.3 is 26.0 Å². The average Bonchev–Trinajstić information content (AvgIpc) is 3.47. The summed E-state index contributed by atoms with van der Waals surface area (Å²) in [6, 6.07) is 29.7. The maximum atomic E-state index is 14.5. The SMILES string of the molecule is CCOC(=O)c1c(NC(=O)CSc2cccc(NC(=O)/C(=C/c3ccccc3F)NC(=O)c3ccccc3)c2)sc(C(=O)Nc2ccccc2)c1C. The van der Waals surface area contributed by atoms with Gasteiger partial charge in [-0.25, -0.2) is 9.18 Å². The number of carbonyl (C=O) groups excluding carboxylic acids is 5.